The highest BCUT2D eigenvalue weighted by molar-refractivity contribution is 14.1. The van der Waals surface area contributed by atoms with Gasteiger partial charge in [0.1, 0.15) is 6.61 Å². The lowest BCUT2D eigenvalue weighted by Gasteiger charge is -2.14. The van der Waals surface area contributed by atoms with Gasteiger partial charge in [-0.15, -0.1) is 0 Å². The molecule has 0 aliphatic rings. The molecule has 0 heterocycles. The van der Waals surface area contributed by atoms with E-state index in [4.69, 9.17) is 18.9 Å². The van der Waals surface area contributed by atoms with Gasteiger partial charge in [-0.25, -0.2) is 5.43 Å². The number of hydrazone groups is 1. The number of hydrogen-bond donors (Lipinski definition) is 1. The predicted octanol–water partition coefficient (Wildman–Crippen LogP) is 4.89. The molecule has 1 N–H and O–H groups in total. The van der Waals surface area contributed by atoms with Crippen LogP contribution in [-0.4, -0.2) is 37.9 Å². The van der Waals surface area contributed by atoms with Crippen LogP contribution in [0.1, 0.15) is 23.6 Å². The Kier molecular flexibility index (Phi) is 10.1. The number of nitrogens with one attached hydrogen (secondary N) is 1. The summed E-state index contributed by atoms with van der Waals surface area (Å²) in [6.45, 7) is 2.50. The van der Waals surface area contributed by atoms with E-state index in [1.165, 1.54) is 25.5 Å². The highest BCUT2D eigenvalue weighted by Gasteiger charge is 2.13. The van der Waals surface area contributed by atoms with E-state index >= 15 is 0 Å². The standard InChI is InChI=1S/C26H26IN3O7/c1-4-36-24-13-19(11-21(27)26(24)37-16-17-5-8-20(9-6-17)30(32)33)15-28-29-25(31)14-18-7-10-22(34-2)23(12-18)35-3/h5-13,15H,4,14,16H2,1-3H3,(H,29,31)/b28-15+. The number of carbonyl (C=O) groups excluding carboxylic acids is 1. The fourth-order valence-electron chi connectivity index (χ4n) is 3.33. The van der Waals surface area contributed by atoms with E-state index in [2.05, 4.69) is 33.1 Å². The lowest BCUT2D eigenvalue weighted by Crippen LogP contribution is -2.19. The molecular weight excluding hydrogens is 593 g/mol. The van der Waals surface area contributed by atoms with Crippen LogP contribution in [0.5, 0.6) is 23.0 Å². The van der Waals surface area contributed by atoms with E-state index < -0.39 is 4.92 Å². The first-order valence-corrected chi connectivity index (χ1v) is 12.3. The topological polar surface area (TPSA) is 122 Å². The molecule has 3 aromatic carbocycles. The Morgan fingerprint density at radius 1 is 1.00 bits per heavy atom. The van der Waals surface area contributed by atoms with Crippen molar-refractivity contribution in [3.8, 4) is 23.0 Å². The van der Waals surface area contributed by atoms with Gasteiger partial charge in [-0.2, -0.15) is 5.10 Å². The molecule has 0 bridgehead atoms. The first-order valence-electron chi connectivity index (χ1n) is 11.2. The van der Waals surface area contributed by atoms with Gasteiger partial charge >= 0.3 is 0 Å². The van der Waals surface area contributed by atoms with Gasteiger partial charge in [-0.3, -0.25) is 14.9 Å². The summed E-state index contributed by atoms with van der Waals surface area (Å²) >= 11 is 2.14. The number of carbonyl (C=O) groups is 1. The second kappa shape index (κ2) is 13.4. The van der Waals surface area contributed by atoms with Crippen LogP contribution in [0.25, 0.3) is 0 Å². The van der Waals surface area contributed by atoms with Crippen molar-refractivity contribution in [2.24, 2.45) is 5.10 Å². The van der Waals surface area contributed by atoms with Gasteiger partial charge in [-0.1, -0.05) is 6.07 Å². The van der Waals surface area contributed by atoms with Crippen molar-refractivity contribution in [2.45, 2.75) is 20.0 Å². The van der Waals surface area contributed by atoms with E-state index in [0.717, 1.165) is 14.7 Å². The molecule has 3 rings (SSSR count). The van der Waals surface area contributed by atoms with Crippen LogP contribution in [0.4, 0.5) is 5.69 Å². The summed E-state index contributed by atoms with van der Waals surface area (Å²) in [5, 5.41) is 14.9. The van der Waals surface area contributed by atoms with Crippen LogP contribution < -0.4 is 24.4 Å². The molecule has 0 saturated heterocycles. The number of benzene rings is 3. The fourth-order valence-corrected chi connectivity index (χ4v) is 4.11. The zero-order chi connectivity index (χ0) is 26.8. The minimum atomic E-state index is -0.445. The monoisotopic (exact) mass is 619 g/mol. The average molecular weight is 619 g/mol. The predicted molar refractivity (Wildman–Crippen MR) is 147 cm³/mol. The quantitative estimate of drug-likeness (QED) is 0.133. The average Bonchev–Trinajstić information content (AvgIpc) is 2.88. The van der Waals surface area contributed by atoms with Crippen molar-refractivity contribution >= 4 is 40.4 Å². The maximum Gasteiger partial charge on any atom is 0.269 e. The molecule has 0 atom stereocenters. The molecule has 1 amide bonds. The maximum absolute atomic E-state index is 12.3. The number of ether oxygens (including phenoxy) is 4. The number of halogens is 1. The molecule has 0 spiro atoms. The van der Waals surface area contributed by atoms with Gasteiger partial charge in [0.05, 0.1) is 42.0 Å². The minimum Gasteiger partial charge on any atom is -0.493 e. The molecular formula is C26H26IN3O7. The Morgan fingerprint density at radius 2 is 1.70 bits per heavy atom. The minimum absolute atomic E-state index is 0.0211. The Hall–Kier alpha value is -3.87. The lowest BCUT2D eigenvalue weighted by molar-refractivity contribution is -0.384. The molecule has 0 unspecified atom stereocenters. The molecule has 0 aliphatic heterocycles. The summed E-state index contributed by atoms with van der Waals surface area (Å²) in [5.74, 6) is 1.92. The molecule has 0 fully saturated rings. The Labute approximate surface area is 227 Å². The van der Waals surface area contributed by atoms with E-state index in [0.29, 0.717) is 35.2 Å². The normalized spacial score (nSPS) is 10.7. The van der Waals surface area contributed by atoms with Crippen LogP contribution in [0, 0.1) is 13.7 Å². The van der Waals surface area contributed by atoms with Gasteiger partial charge < -0.3 is 18.9 Å². The first-order chi connectivity index (χ1) is 17.8. The van der Waals surface area contributed by atoms with Gasteiger partial charge in [0.15, 0.2) is 23.0 Å². The van der Waals surface area contributed by atoms with Gasteiger partial charge in [0.25, 0.3) is 5.69 Å². The Bertz CT molecular complexity index is 1280. The van der Waals surface area contributed by atoms with Crippen LogP contribution in [0.2, 0.25) is 0 Å². The van der Waals surface area contributed by atoms with Crippen molar-refractivity contribution in [1.82, 2.24) is 5.43 Å². The molecule has 0 aliphatic carbocycles. The van der Waals surface area contributed by atoms with E-state index in [1.54, 1.807) is 43.5 Å². The van der Waals surface area contributed by atoms with Crippen LogP contribution >= 0.6 is 22.6 Å². The van der Waals surface area contributed by atoms with Crippen molar-refractivity contribution in [2.75, 3.05) is 20.8 Å². The summed E-state index contributed by atoms with van der Waals surface area (Å²) in [6.07, 6.45) is 1.64. The third-order valence-electron chi connectivity index (χ3n) is 5.08. The number of methoxy groups -OCH3 is 2. The molecule has 3 aromatic rings. The fraction of sp³-hybridized carbons (Fsp3) is 0.231. The Morgan fingerprint density at radius 3 is 2.35 bits per heavy atom. The number of non-ortho nitro benzene ring substituents is 1. The molecule has 37 heavy (non-hydrogen) atoms. The zero-order valence-electron chi connectivity index (χ0n) is 20.5. The summed E-state index contributed by atoms with van der Waals surface area (Å²) in [5.41, 5.74) is 4.80. The van der Waals surface area contributed by atoms with Gasteiger partial charge in [0.2, 0.25) is 5.91 Å². The number of nitrogens with zero attached hydrogens (tertiary/aromatic N) is 2. The SMILES string of the molecule is CCOc1cc(/C=N/NC(=O)Cc2ccc(OC)c(OC)c2)cc(I)c1OCc1ccc([N+](=O)[O-])cc1. The molecule has 10 nitrogen and oxygen atoms in total. The summed E-state index contributed by atoms with van der Waals surface area (Å²) < 4.78 is 23.0. The second-order valence-corrected chi connectivity index (χ2v) is 8.80. The number of amides is 1. The van der Waals surface area contributed by atoms with Gasteiger partial charge in [0, 0.05) is 12.1 Å². The van der Waals surface area contributed by atoms with E-state index in [-0.39, 0.29) is 24.6 Å². The molecule has 194 valence electrons. The van der Waals surface area contributed by atoms with Crippen molar-refractivity contribution in [3.63, 3.8) is 0 Å². The zero-order valence-corrected chi connectivity index (χ0v) is 22.7. The largest absolute Gasteiger partial charge is 0.493 e. The van der Waals surface area contributed by atoms with Crippen LogP contribution in [0.15, 0.2) is 59.7 Å². The number of nitro groups is 1. The van der Waals surface area contributed by atoms with Crippen LogP contribution in [-0.2, 0) is 17.8 Å². The molecule has 0 saturated carbocycles. The van der Waals surface area contributed by atoms with Crippen molar-refractivity contribution < 1.29 is 28.7 Å². The van der Waals surface area contributed by atoms with E-state index in [9.17, 15) is 14.9 Å². The maximum atomic E-state index is 12.3. The number of rotatable bonds is 12. The number of nitro benzene ring substituents is 1. The van der Waals surface area contributed by atoms with Crippen LogP contribution in [0.3, 0.4) is 0 Å². The lowest BCUT2D eigenvalue weighted by atomic mass is 10.1. The van der Waals surface area contributed by atoms with E-state index in [1.807, 2.05) is 13.0 Å². The second-order valence-electron chi connectivity index (χ2n) is 7.63. The highest BCUT2D eigenvalue weighted by Crippen LogP contribution is 2.34. The van der Waals surface area contributed by atoms with Gasteiger partial charge in [-0.05, 0) is 82.6 Å². The smallest absolute Gasteiger partial charge is 0.269 e. The molecule has 0 radical (unpaired) electrons. The molecule has 11 heteroatoms. The summed E-state index contributed by atoms with van der Waals surface area (Å²) in [7, 11) is 3.09. The third-order valence-corrected chi connectivity index (χ3v) is 5.88. The first kappa shape index (κ1) is 27.7. The summed E-state index contributed by atoms with van der Waals surface area (Å²) in [4.78, 5) is 22.7. The van der Waals surface area contributed by atoms with Crippen molar-refractivity contribution in [3.05, 3.63) is 85.0 Å². The summed E-state index contributed by atoms with van der Waals surface area (Å²) in [6, 6.07) is 15.1. The Balaban J connectivity index is 1.65. The molecule has 0 aromatic heterocycles. The highest BCUT2D eigenvalue weighted by atomic mass is 127. The van der Waals surface area contributed by atoms with Crippen molar-refractivity contribution in [1.29, 1.82) is 0 Å². The third kappa shape index (κ3) is 7.81. The number of hydrogen-bond acceptors (Lipinski definition) is 8.